The lowest BCUT2D eigenvalue weighted by Gasteiger charge is -2.64. The zero-order valence-corrected chi connectivity index (χ0v) is 19.8. The lowest BCUT2D eigenvalue weighted by molar-refractivity contribution is -0.196. The summed E-state index contributed by atoms with van der Waals surface area (Å²) in [6.45, 7) is 1.92. The number of benzene rings is 1. The van der Waals surface area contributed by atoms with Gasteiger partial charge in [-0.1, -0.05) is 18.2 Å². The van der Waals surface area contributed by atoms with Gasteiger partial charge in [0.2, 0.25) is 5.88 Å². The van der Waals surface area contributed by atoms with Gasteiger partial charge < -0.3 is 25.2 Å². The molecule has 2 saturated carbocycles. The average molecular weight is 477 g/mol. The number of phenolic OH excluding ortho intramolecular Hbond substituents is 1. The molecule has 0 amide bonds. The molecule has 4 N–H and O–H groups in total. The van der Waals surface area contributed by atoms with Crippen LogP contribution in [0.25, 0.3) is 6.08 Å². The van der Waals surface area contributed by atoms with Gasteiger partial charge in [0.15, 0.2) is 17.4 Å². The van der Waals surface area contributed by atoms with Gasteiger partial charge in [-0.25, -0.2) is 0 Å². The number of rotatable bonds is 3. The number of likely N-dealkylation sites (tertiary alicyclic amines) is 1. The maximum absolute atomic E-state index is 12.6. The van der Waals surface area contributed by atoms with Crippen LogP contribution in [0.15, 0.2) is 18.2 Å². The van der Waals surface area contributed by atoms with E-state index >= 15 is 0 Å². The highest BCUT2D eigenvalue weighted by Crippen LogP contribution is 2.67. The second kappa shape index (κ2) is 6.56. The number of allylic oxidation sites excluding steroid dienone is 1. The summed E-state index contributed by atoms with van der Waals surface area (Å²) < 4.78 is 8.28. The number of fused-ring (bicyclic) bond motifs is 1. The molecule has 4 aliphatic carbocycles. The van der Waals surface area contributed by atoms with Crippen LogP contribution in [0.4, 0.5) is 0 Å². The standard InChI is InChI=1S/C28H32N2O5/c31-20-8-7-16-13-21-28(34)10-9-19(30-25(32)17-3-1-2-4-18(17)26(30)33)24-27(28,22(16)23(20)35-24)11-12-29(21)14-15-5-6-15/h1,3,7-8,15,19,21,24,31-34H,2,4-6,9-14H2/t19?,21-,24+,27+,28-/m1/s1. The lowest BCUT2D eigenvalue weighted by atomic mass is 9.48. The highest BCUT2D eigenvalue weighted by Gasteiger charge is 2.73. The Hall–Kier alpha value is -2.64. The summed E-state index contributed by atoms with van der Waals surface area (Å²) in [6, 6.07) is 3.39. The van der Waals surface area contributed by atoms with E-state index in [1.54, 1.807) is 10.6 Å². The van der Waals surface area contributed by atoms with Gasteiger partial charge in [0.05, 0.1) is 17.1 Å². The molecule has 1 spiro atoms. The van der Waals surface area contributed by atoms with Crippen molar-refractivity contribution in [2.24, 2.45) is 5.92 Å². The molecule has 1 saturated heterocycles. The van der Waals surface area contributed by atoms with E-state index in [0.717, 1.165) is 55.0 Å². The Morgan fingerprint density at radius 3 is 2.71 bits per heavy atom. The van der Waals surface area contributed by atoms with Gasteiger partial charge in [0.1, 0.15) is 6.10 Å². The third kappa shape index (κ3) is 2.35. The minimum absolute atomic E-state index is 0.00916. The van der Waals surface area contributed by atoms with Crippen molar-refractivity contribution in [1.82, 2.24) is 9.47 Å². The van der Waals surface area contributed by atoms with Gasteiger partial charge >= 0.3 is 0 Å². The molecule has 2 bridgehead atoms. The van der Waals surface area contributed by atoms with Crippen LogP contribution in [0, 0.1) is 5.92 Å². The summed E-state index contributed by atoms with van der Waals surface area (Å²) in [5.74, 6) is 1.52. The SMILES string of the molecule is Oc1ccc2c3c1O[C@H]1C(n4c(O)c5c(c4O)CCC=C5)CC[C@@]4(O)[C@@H](C2)N(CC2CC2)CC[C@]314. The van der Waals surface area contributed by atoms with Crippen LogP contribution in [-0.2, 0) is 18.3 Å². The van der Waals surface area contributed by atoms with E-state index in [-0.39, 0.29) is 29.6 Å². The Balaban J connectivity index is 1.31. The molecular formula is C28H32N2O5. The fourth-order valence-electron chi connectivity index (χ4n) is 8.52. The highest BCUT2D eigenvalue weighted by molar-refractivity contribution is 5.67. The maximum atomic E-state index is 12.6. The smallest absolute Gasteiger partial charge is 0.202 e. The molecule has 1 aromatic heterocycles. The minimum atomic E-state index is -0.981. The second-order valence-corrected chi connectivity index (χ2v) is 11.7. The lowest BCUT2D eigenvalue weighted by Crippen LogP contribution is -2.76. The first-order chi connectivity index (χ1) is 16.9. The van der Waals surface area contributed by atoms with Crippen molar-refractivity contribution < 1.29 is 25.2 Å². The maximum Gasteiger partial charge on any atom is 0.202 e. The number of ether oxygens (including phenoxy) is 1. The van der Waals surface area contributed by atoms with Crippen LogP contribution in [-0.4, -0.2) is 60.7 Å². The van der Waals surface area contributed by atoms with Crippen molar-refractivity contribution in [2.45, 2.75) is 80.6 Å². The molecule has 6 aliphatic rings. The largest absolute Gasteiger partial charge is 0.504 e. The Bertz CT molecular complexity index is 1290. The quantitative estimate of drug-likeness (QED) is 0.542. The first-order valence-electron chi connectivity index (χ1n) is 13.2. The van der Waals surface area contributed by atoms with Crippen LogP contribution >= 0.6 is 0 Å². The molecule has 3 fully saturated rings. The van der Waals surface area contributed by atoms with Gasteiger partial charge in [-0.2, -0.15) is 0 Å². The van der Waals surface area contributed by atoms with Crippen molar-refractivity contribution in [3.05, 3.63) is 40.5 Å². The monoisotopic (exact) mass is 476 g/mol. The number of aromatic nitrogens is 1. The van der Waals surface area contributed by atoms with Gasteiger partial charge in [0, 0.05) is 29.3 Å². The Morgan fingerprint density at radius 2 is 1.91 bits per heavy atom. The van der Waals surface area contributed by atoms with Crippen LogP contribution in [0.3, 0.4) is 0 Å². The van der Waals surface area contributed by atoms with Gasteiger partial charge in [0.25, 0.3) is 0 Å². The van der Waals surface area contributed by atoms with Gasteiger partial charge in [-0.15, -0.1) is 0 Å². The van der Waals surface area contributed by atoms with E-state index in [0.29, 0.717) is 30.6 Å². The summed E-state index contributed by atoms with van der Waals surface area (Å²) in [5.41, 5.74) is 1.93. The molecule has 3 heterocycles. The van der Waals surface area contributed by atoms with E-state index in [1.165, 1.54) is 12.8 Å². The topological polar surface area (TPSA) is 98.3 Å². The number of piperidine rings is 1. The number of phenols is 1. The van der Waals surface area contributed by atoms with E-state index in [4.69, 9.17) is 4.74 Å². The number of hydrogen-bond donors (Lipinski definition) is 4. The predicted octanol–water partition coefficient (Wildman–Crippen LogP) is 3.37. The summed E-state index contributed by atoms with van der Waals surface area (Å²) in [6.07, 6.45) is 10.2. The van der Waals surface area contributed by atoms with Crippen LogP contribution < -0.4 is 4.74 Å². The third-order valence-corrected chi connectivity index (χ3v) is 10.2. The molecule has 2 aliphatic heterocycles. The Morgan fingerprint density at radius 1 is 1.06 bits per heavy atom. The number of aliphatic hydroxyl groups is 1. The van der Waals surface area contributed by atoms with Gasteiger partial charge in [-0.3, -0.25) is 9.47 Å². The predicted molar refractivity (Wildman–Crippen MR) is 129 cm³/mol. The van der Waals surface area contributed by atoms with Crippen molar-refractivity contribution in [3.8, 4) is 23.3 Å². The molecule has 184 valence electrons. The Kier molecular flexibility index (Phi) is 3.85. The molecular weight excluding hydrogens is 444 g/mol. The average Bonchev–Trinajstić information content (AvgIpc) is 3.54. The van der Waals surface area contributed by atoms with Gasteiger partial charge in [-0.05, 0) is 75.5 Å². The fraction of sp³-hybridized carbons (Fsp3) is 0.571. The molecule has 2 aromatic rings. The van der Waals surface area contributed by atoms with Crippen molar-refractivity contribution in [3.63, 3.8) is 0 Å². The molecule has 0 radical (unpaired) electrons. The second-order valence-electron chi connectivity index (χ2n) is 11.7. The van der Waals surface area contributed by atoms with Crippen LogP contribution in [0.1, 0.15) is 66.8 Å². The number of nitrogens with zero attached hydrogens (tertiary/aromatic N) is 2. The summed E-state index contributed by atoms with van der Waals surface area (Å²) >= 11 is 0. The first kappa shape index (κ1) is 20.5. The van der Waals surface area contributed by atoms with E-state index in [9.17, 15) is 20.4 Å². The van der Waals surface area contributed by atoms with Crippen LogP contribution in [0.5, 0.6) is 23.3 Å². The Labute approximate surface area is 204 Å². The molecule has 7 nitrogen and oxygen atoms in total. The van der Waals surface area contributed by atoms with E-state index in [1.807, 2.05) is 18.2 Å². The van der Waals surface area contributed by atoms with Crippen LogP contribution in [0.2, 0.25) is 0 Å². The zero-order valence-electron chi connectivity index (χ0n) is 19.8. The minimum Gasteiger partial charge on any atom is -0.504 e. The van der Waals surface area contributed by atoms with E-state index in [2.05, 4.69) is 4.90 Å². The molecule has 8 rings (SSSR count). The first-order valence-corrected chi connectivity index (χ1v) is 13.2. The van der Waals surface area contributed by atoms with Crippen molar-refractivity contribution in [2.75, 3.05) is 13.1 Å². The number of hydrogen-bond acceptors (Lipinski definition) is 6. The van der Waals surface area contributed by atoms with Crippen molar-refractivity contribution in [1.29, 1.82) is 0 Å². The third-order valence-electron chi connectivity index (χ3n) is 10.2. The molecule has 35 heavy (non-hydrogen) atoms. The highest BCUT2D eigenvalue weighted by atomic mass is 16.5. The zero-order chi connectivity index (χ0) is 23.7. The normalized spacial score (nSPS) is 36.5. The molecule has 1 aromatic carbocycles. The van der Waals surface area contributed by atoms with Crippen molar-refractivity contribution >= 4 is 6.08 Å². The number of aromatic hydroxyl groups is 3. The molecule has 5 atom stereocenters. The summed E-state index contributed by atoms with van der Waals surface area (Å²) in [7, 11) is 0. The van der Waals surface area contributed by atoms with E-state index < -0.39 is 17.1 Å². The molecule has 1 unspecified atom stereocenters. The molecule has 7 heteroatoms. The summed E-state index contributed by atoms with van der Waals surface area (Å²) in [5, 5.41) is 46.0. The summed E-state index contributed by atoms with van der Waals surface area (Å²) in [4.78, 5) is 2.52. The fourth-order valence-corrected chi connectivity index (χ4v) is 8.52.